The van der Waals surface area contributed by atoms with Crippen molar-refractivity contribution in [3.05, 3.63) is 52.2 Å². The van der Waals surface area contributed by atoms with E-state index in [1.165, 1.54) is 0 Å². The highest BCUT2D eigenvalue weighted by molar-refractivity contribution is 7.09. The molecule has 0 radical (unpaired) electrons. The zero-order valence-corrected chi connectivity index (χ0v) is 14.1. The number of carbonyl (C=O) groups is 2. The summed E-state index contributed by atoms with van der Waals surface area (Å²) in [6.45, 7) is 1.62. The molecule has 5 nitrogen and oxygen atoms in total. The Morgan fingerprint density at radius 1 is 1.21 bits per heavy atom. The number of primary amides is 1. The molecule has 2 heterocycles. The lowest BCUT2D eigenvalue weighted by molar-refractivity contribution is -0.123. The monoisotopic (exact) mass is 344 g/mol. The summed E-state index contributed by atoms with van der Waals surface area (Å²) in [5, 5.41) is 2.01. The predicted octanol–water partition coefficient (Wildman–Crippen LogP) is 2.66. The highest BCUT2D eigenvalue weighted by atomic mass is 32.1. The Labute approximate surface area is 145 Å². The fourth-order valence-corrected chi connectivity index (χ4v) is 3.43. The molecule has 0 bridgehead atoms. The first-order chi connectivity index (χ1) is 11.6. The highest BCUT2D eigenvalue weighted by Gasteiger charge is 2.26. The van der Waals surface area contributed by atoms with Gasteiger partial charge in [0.2, 0.25) is 5.91 Å². The summed E-state index contributed by atoms with van der Waals surface area (Å²) in [4.78, 5) is 26.8. The summed E-state index contributed by atoms with van der Waals surface area (Å²) in [7, 11) is 0. The van der Waals surface area contributed by atoms with Gasteiger partial charge in [-0.3, -0.25) is 9.59 Å². The highest BCUT2D eigenvalue weighted by Crippen LogP contribution is 2.21. The fraction of sp³-hybridized carbons (Fsp3) is 0.333. The number of nitrogens with zero attached hydrogens (tertiary/aromatic N) is 1. The zero-order valence-electron chi connectivity index (χ0n) is 13.3. The molecule has 6 heteroatoms. The SMILES string of the molecule is NC(=O)C1CCN(C(=O)c2cccc(OCc3cccs3)c2)CC1. The van der Waals surface area contributed by atoms with Gasteiger partial charge in [-0.05, 0) is 42.5 Å². The number of nitrogens with two attached hydrogens (primary N) is 1. The van der Waals surface area contributed by atoms with Gasteiger partial charge in [0, 0.05) is 29.4 Å². The Morgan fingerprint density at radius 2 is 2.00 bits per heavy atom. The van der Waals surface area contributed by atoms with E-state index < -0.39 is 0 Å². The number of likely N-dealkylation sites (tertiary alicyclic amines) is 1. The van der Waals surface area contributed by atoms with Crippen LogP contribution in [0.25, 0.3) is 0 Å². The zero-order chi connectivity index (χ0) is 16.9. The maximum Gasteiger partial charge on any atom is 0.253 e. The van der Waals surface area contributed by atoms with Crippen LogP contribution in [0.4, 0.5) is 0 Å². The van der Waals surface area contributed by atoms with Gasteiger partial charge in [0.05, 0.1) is 0 Å². The molecule has 24 heavy (non-hydrogen) atoms. The first-order valence-corrected chi connectivity index (χ1v) is 8.85. The van der Waals surface area contributed by atoms with Crippen LogP contribution in [0.2, 0.25) is 0 Å². The summed E-state index contributed by atoms with van der Waals surface area (Å²) < 4.78 is 5.76. The van der Waals surface area contributed by atoms with E-state index in [4.69, 9.17) is 10.5 Å². The van der Waals surface area contributed by atoms with Gasteiger partial charge in [0.1, 0.15) is 12.4 Å². The van der Waals surface area contributed by atoms with Crippen LogP contribution in [0.1, 0.15) is 28.1 Å². The third-order valence-corrected chi connectivity index (χ3v) is 5.08. The van der Waals surface area contributed by atoms with Gasteiger partial charge in [-0.15, -0.1) is 11.3 Å². The average Bonchev–Trinajstić information content (AvgIpc) is 3.13. The third-order valence-electron chi connectivity index (χ3n) is 4.23. The summed E-state index contributed by atoms with van der Waals surface area (Å²) in [5.41, 5.74) is 5.94. The van der Waals surface area contributed by atoms with Crippen LogP contribution in [-0.4, -0.2) is 29.8 Å². The Balaban J connectivity index is 1.61. The van der Waals surface area contributed by atoms with Crippen LogP contribution in [0.15, 0.2) is 41.8 Å². The van der Waals surface area contributed by atoms with E-state index in [0.29, 0.717) is 43.9 Å². The molecule has 0 saturated carbocycles. The molecular weight excluding hydrogens is 324 g/mol. The second-order valence-electron chi connectivity index (χ2n) is 5.86. The number of ether oxygens (including phenoxy) is 1. The van der Waals surface area contributed by atoms with E-state index in [1.807, 2.05) is 29.6 Å². The largest absolute Gasteiger partial charge is 0.488 e. The van der Waals surface area contributed by atoms with Crippen LogP contribution in [0, 0.1) is 5.92 Å². The van der Waals surface area contributed by atoms with Crippen LogP contribution >= 0.6 is 11.3 Å². The maximum atomic E-state index is 12.6. The normalized spacial score (nSPS) is 15.2. The predicted molar refractivity (Wildman–Crippen MR) is 92.9 cm³/mol. The van der Waals surface area contributed by atoms with Crippen molar-refractivity contribution in [2.24, 2.45) is 11.7 Å². The van der Waals surface area contributed by atoms with Crippen LogP contribution in [0.3, 0.4) is 0 Å². The summed E-state index contributed by atoms with van der Waals surface area (Å²) in [6, 6.07) is 11.2. The quantitative estimate of drug-likeness (QED) is 0.906. The molecule has 126 valence electrons. The topological polar surface area (TPSA) is 72.6 Å². The molecule has 1 aromatic heterocycles. The molecule has 0 spiro atoms. The average molecular weight is 344 g/mol. The molecule has 1 saturated heterocycles. The Bertz CT molecular complexity index is 707. The first-order valence-electron chi connectivity index (χ1n) is 7.97. The smallest absolute Gasteiger partial charge is 0.253 e. The van der Waals surface area contributed by atoms with Gasteiger partial charge in [-0.1, -0.05) is 12.1 Å². The van der Waals surface area contributed by atoms with Crippen molar-refractivity contribution >= 4 is 23.2 Å². The number of carbonyl (C=O) groups excluding carboxylic acids is 2. The molecule has 2 N–H and O–H groups in total. The van der Waals surface area contributed by atoms with Crippen molar-refractivity contribution in [3.63, 3.8) is 0 Å². The first kappa shape index (κ1) is 16.5. The van der Waals surface area contributed by atoms with Crippen molar-refractivity contribution < 1.29 is 14.3 Å². The number of amides is 2. The van der Waals surface area contributed by atoms with Gasteiger partial charge in [-0.2, -0.15) is 0 Å². The van der Waals surface area contributed by atoms with Gasteiger partial charge in [0.25, 0.3) is 5.91 Å². The van der Waals surface area contributed by atoms with Crippen molar-refractivity contribution in [2.45, 2.75) is 19.4 Å². The van der Waals surface area contributed by atoms with E-state index in [0.717, 1.165) is 4.88 Å². The van der Waals surface area contributed by atoms with E-state index in [-0.39, 0.29) is 17.7 Å². The molecule has 0 atom stereocenters. The number of hydrogen-bond acceptors (Lipinski definition) is 4. The lowest BCUT2D eigenvalue weighted by atomic mass is 9.96. The second kappa shape index (κ2) is 7.49. The molecule has 1 aliphatic rings. The fourth-order valence-electron chi connectivity index (χ4n) is 2.82. The number of rotatable bonds is 5. The summed E-state index contributed by atoms with van der Waals surface area (Å²) in [5.74, 6) is 0.265. The maximum absolute atomic E-state index is 12.6. The van der Waals surface area contributed by atoms with Crippen LogP contribution in [0.5, 0.6) is 5.75 Å². The number of benzene rings is 1. The lowest BCUT2D eigenvalue weighted by Gasteiger charge is -2.30. The van der Waals surface area contributed by atoms with E-state index in [2.05, 4.69) is 0 Å². The van der Waals surface area contributed by atoms with Gasteiger partial charge in [-0.25, -0.2) is 0 Å². The summed E-state index contributed by atoms with van der Waals surface area (Å²) >= 11 is 1.64. The molecule has 1 fully saturated rings. The third kappa shape index (κ3) is 3.94. The lowest BCUT2D eigenvalue weighted by Crippen LogP contribution is -2.41. The number of piperidine rings is 1. The molecule has 3 rings (SSSR count). The van der Waals surface area contributed by atoms with Crippen molar-refractivity contribution in [1.29, 1.82) is 0 Å². The van der Waals surface area contributed by atoms with E-state index in [9.17, 15) is 9.59 Å². The van der Waals surface area contributed by atoms with Crippen molar-refractivity contribution in [1.82, 2.24) is 4.90 Å². The minimum absolute atomic E-state index is 0.0282. The molecule has 2 amide bonds. The molecular formula is C18H20N2O3S. The number of thiophene rings is 1. The molecule has 1 aromatic carbocycles. The number of hydrogen-bond donors (Lipinski definition) is 1. The van der Waals surface area contributed by atoms with Gasteiger partial charge in [0.15, 0.2) is 0 Å². The molecule has 0 unspecified atom stereocenters. The Kier molecular flexibility index (Phi) is 5.15. The molecule has 2 aromatic rings. The standard InChI is InChI=1S/C18H20N2O3S/c19-17(21)13-6-8-20(9-7-13)18(22)14-3-1-4-15(11-14)23-12-16-5-2-10-24-16/h1-5,10-11,13H,6-9,12H2,(H2,19,21). The van der Waals surface area contributed by atoms with E-state index in [1.54, 1.807) is 28.4 Å². The molecule has 0 aliphatic carbocycles. The van der Waals surface area contributed by atoms with Crippen molar-refractivity contribution in [2.75, 3.05) is 13.1 Å². The van der Waals surface area contributed by atoms with Crippen molar-refractivity contribution in [3.8, 4) is 5.75 Å². The minimum atomic E-state index is -0.272. The minimum Gasteiger partial charge on any atom is -0.488 e. The van der Waals surface area contributed by atoms with Crippen LogP contribution < -0.4 is 10.5 Å². The van der Waals surface area contributed by atoms with Gasteiger partial charge >= 0.3 is 0 Å². The Morgan fingerprint density at radius 3 is 2.67 bits per heavy atom. The van der Waals surface area contributed by atoms with E-state index >= 15 is 0 Å². The van der Waals surface area contributed by atoms with Crippen LogP contribution in [-0.2, 0) is 11.4 Å². The Hall–Kier alpha value is -2.34. The van der Waals surface area contributed by atoms with Gasteiger partial charge < -0.3 is 15.4 Å². The summed E-state index contributed by atoms with van der Waals surface area (Å²) in [6.07, 6.45) is 1.27. The second-order valence-corrected chi connectivity index (χ2v) is 6.90. The molecule has 1 aliphatic heterocycles.